The van der Waals surface area contributed by atoms with Crippen molar-refractivity contribution < 1.29 is 45.3 Å². The van der Waals surface area contributed by atoms with Crippen molar-refractivity contribution in [2.45, 2.75) is 24.0 Å². The number of anilines is 1. The molecule has 12 heteroatoms. The van der Waals surface area contributed by atoms with Gasteiger partial charge in [-0.05, 0) is 35.4 Å². The van der Waals surface area contributed by atoms with E-state index in [1.807, 2.05) is 0 Å². The third-order valence-corrected chi connectivity index (χ3v) is 6.42. The van der Waals surface area contributed by atoms with Crippen molar-refractivity contribution in [3.8, 4) is 34.1 Å². The van der Waals surface area contributed by atoms with Crippen LogP contribution in [-0.4, -0.2) is 66.8 Å². The molecule has 1 aliphatic rings. The Labute approximate surface area is 215 Å². The summed E-state index contributed by atoms with van der Waals surface area (Å²) in [5, 5.41) is 78.6. The van der Waals surface area contributed by atoms with Gasteiger partial charge in [0.05, 0.1) is 17.7 Å². The molecule has 0 radical (unpaired) electrons. The van der Waals surface area contributed by atoms with E-state index in [0.717, 1.165) is 0 Å². The molecule has 11 nitrogen and oxygen atoms in total. The van der Waals surface area contributed by atoms with Gasteiger partial charge in [-0.25, -0.2) is 4.79 Å². The summed E-state index contributed by atoms with van der Waals surface area (Å²) < 4.78 is 5.43. The summed E-state index contributed by atoms with van der Waals surface area (Å²) >= 11 is 6.03. The van der Waals surface area contributed by atoms with Crippen LogP contribution in [0.25, 0.3) is 11.1 Å². The van der Waals surface area contributed by atoms with Crippen LogP contribution in [0.1, 0.15) is 28.4 Å². The molecule has 0 aliphatic carbocycles. The Kier molecular flexibility index (Phi) is 6.84. The fourth-order valence-corrected chi connectivity index (χ4v) is 4.75. The van der Waals surface area contributed by atoms with Gasteiger partial charge in [0, 0.05) is 18.6 Å². The van der Waals surface area contributed by atoms with E-state index in [0.29, 0.717) is 10.6 Å². The minimum Gasteiger partial charge on any atom is -0.505 e. The summed E-state index contributed by atoms with van der Waals surface area (Å²) in [6, 6.07) is 11.9. The van der Waals surface area contributed by atoms with Crippen LogP contribution in [0.3, 0.4) is 0 Å². The number of carbonyl (C=O) groups is 1. The standard InChI is InChI=1S/C25H25ClN2O9/c1-37-22(13-5-3-7-15(26)9-13)25(36)10-24(35,28-25)11-27-17-18(29)16(19(30)21(32)20(17)31)12-4-2-6-14(8-12)23(33)34/h2-9,22,27-32,35-36H,10-11H2,1H3,(H,33,34). The normalized spacial score (nSPS) is 21.7. The lowest BCUT2D eigenvalue weighted by Gasteiger charge is -2.54. The van der Waals surface area contributed by atoms with Crippen LogP contribution >= 0.6 is 11.6 Å². The number of phenolic OH excluding ortho intramolecular Hbond substituents is 4. The predicted molar refractivity (Wildman–Crippen MR) is 133 cm³/mol. The van der Waals surface area contributed by atoms with Gasteiger partial charge in [-0.2, -0.15) is 0 Å². The molecule has 1 aliphatic heterocycles. The van der Waals surface area contributed by atoms with Gasteiger partial charge in [0.15, 0.2) is 23.0 Å². The van der Waals surface area contributed by atoms with Crippen molar-refractivity contribution in [2.75, 3.05) is 19.0 Å². The number of nitrogens with one attached hydrogen (secondary N) is 2. The van der Waals surface area contributed by atoms with Gasteiger partial charge in [-0.15, -0.1) is 0 Å². The summed E-state index contributed by atoms with van der Waals surface area (Å²) in [5.41, 5.74) is -3.72. The van der Waals surface area contributed by atoms with E-state index < -0.39 is 52.2 Å². The number of aromatic carboxylic acids is 1. The van der Waals surface area contributed by atoms with E-state index in [1.165, 1.54) is 31.4 Å². The second kappa shape index (κ2) is 9.61. The monoisotopic (exact) mass is 532 g/mol. The highest BCUT2D eigenvalue weighted by Gasteiger charge is 2.57. The maximum Gasteiger partial charge on any atom is 0.335 e. The predicted octanol–water partition coefficient (Wildman–Crippen LogP) is 2.70. The van der Waals surface area contributed by atoms with E-state index in [4.69, 9.17) is 16.3 Å². The van der Waals surface area contributed by atoms with E-state index in [1.54, 1.807) is 24.3 Å². The average Bonchev–Trinajstić information content (AvgIpc) is 2.82. The summed E-state index contributed by atoms with van der Waals surface area (Å²) in [6.45, 7) is -0.374. The van der Waals surface area contributed by atoms with Gasteiger partial charge < -0.3 is 45.8 Å². The van der Waals surface area contributed by atoms with Crippen LogP contribution < -0.4 is 10.6 Å². The maximum atomic E-state index is 11.3. The third kappa shape index (κ3) is 4.82. The molecule has 3 aromatic carbocycles. The zero-order valence-corrected chi connectivity index (χ0v) is 20.2. The van der Waals surface area contributed by atoms with Gasteiger partial charge in [0.1, 0.15) is 17.5 Å². The van der Waals surface area contributed by atoms with Crippen LogP contribution in [0.15, 0.2) is 48.5 Å². The Hall–Kier alpha value is -3.74. The van der Waals surface area contributed by atoms with Crippen LogP contribution in [0.4, 0.5) is 5.69 Å². The molecule has 37 heavy (non-hydrogen) atoms. The number of aliphatic hydroxyl groups is 2. The van der Waals surface area contributed by atoms with E-state index in [-0.39, 0.29) is 29.7 Å². The lowest BCUT2D eigenvalue weighted by Crippen LogP contribution is -2.76. The Morgan fingerprint density at radius 3 is 2.35 bits per heavy atom. The first-order valence-electron chi connectivity index (χ1n) is 11.0. The van der Waals surface area contributed by atoms with Crippen molar-refractivity contribution in [3.63, 3.8) is 0 Å². The molecule has 3 atom stereocenters. The smallest absolute Gasteiger partial charge is 0.335 e. The van der Waals surface area contributed by atoms with Crippen LogP contribution in [0.5, 0.6) is 23.0 Å². The largest absolute Gasteiger partial charge is 0.505 e. The summed E-state index contributed by atoms with van der Waals surface area (Å²) in [7, 11) is 1.39. The Balaban J connectivity index is 1.58. The van der Waals surface area contributed by atoms with E-state index >= 15 is 0 Å². The molecule has 3 aromatic rings. The lowest BCUT2D eigenvalue weighted by molar-refractivity contribution is -0.257. The van der Waals surface area contributed by atoms with Crippen molar-refractivity contribution in [2.24, 2.45) is 0 Å². The molecule has 4 rings (SSSR count). The fraction of sp³-hybridized carbons (Fsp3) is 0.240. The average molecular weight is 533 g/mol. The van der Waals surface area contributed by atoms with Crippen LogP contribution in [0.2, 0.25) is 5.02 Å². The topological polar surface area (TPSA) is 192 Å². The molecule has 0 amide bonds. The number of carboxylic acid groups (broad SMARTS) is 1. The second-order valence-electron chi connectivity index (χ2n) is 8.81. The fourth-order valence-electron chi connectivity index (χ4n) is 4.55. The minimum atomic E-state index is -1.74. The molecule has 0 aromatic heterocycles. The molecule has 9 N–H and O–H groups in total. The zero-order valence-electron chi connectivity index (χ0n) is 19.4. The van der Waals surface area contributed by atoms with Gasteiger partial charge in [0.2, 0.25) is 5.75 Å². The molecular formula is C25H25ClN2O9. The van der Waals surface area contributed by atoms with Gasteiger partial charge in [-0.3, -0.25) is 5.32 Å². The first kappa shape index (κ1) is 26.3. The van der Waals surface area contributed by atoms with Crippen molar-refractivity contribution in [1.29, 1.82) is 0 Å². The van der Waals surface area contributed by atoms with Crippen molar-refractivity contribution in [3.05, 3.63) is 64.7 Å². The number of methoxy groups -OCH3 is 1. The SMILES string of the molecule is COC(c1cccc(Cl)c1)C1(O)CC(O)(CNc2c(O)c(O)c(O)c(-c3cccc(C(=O)O)c3)c2O)N1. The Bertz CT molecular complexity index is 1360. The van der Waals surface area contributed by atoms with Crippen molar-refractivity contribution in [1.82, 2.24) is 5.32 Å². The second-order valence-corrected chi connectivity index (χ2v) is 9.25. The number of hydrogen-bond donors (Lipinski definition) is 9. The number of rotatable bonds is 8. The molecule has 0 bridgehead atoms. The number of phenols is 4. The van der Waals surface area contributed by atoms with E-state index in [9.17, 15) is 40.5 Å². The lowest BCUT2D eigenvalue weighted by atomic mass is 9.82. The third-order valence-electron chi connectivity index (χ3n) is 6.18. The highest BCUT2D eigenvalue weighted by atomic mass is 35.5. The van der Waals surface area contributed by atoms with Crippen LogP contribution in [0, 0.1) is 0 Å². The zero-order chi connectivity index (χ0) is 27.1. The first-order valence-corrected chi connectivity index (χ1v) is 11.4. The molecule has 0 saturated carbocycles. The molecular weight excluding hydrogens is 508 g/mol. The minimum absolute atomic E-state index is 0.0487. The number of halogens is 1. The molecule has 1 heterocycles. The summed E-state index contributed by atoms with van der Waals surface area (Å²) in [6.07, 6.45) is -1.13. The Morgan fingerprint density at radius 1 is 1.05 bits per heavy atom. The number of aromatic hydroxyl groups is 4. The number of hydrogen-bond acceptors (Lipinski definition) is 10. The van der Waals surface area contributed by atoms with Gasteiger partial charge in [0.25, 0.3) is 0 Å². The number of benzene rings is 3. The highest BCUT2D eigenvalue weighted by molar-refractivity contribution is 6.30. The number of carboxylic acids is 1. The first-order chi connectivity index (χ1) is 17.4. The molecule has 1 fully saturated rings. The molecule has 1 saturated heterocycles. The molecule has 196 valence electrons. The number of ether oxygens (including phenoxy) is 1. The van der Waals surface area contributed by atoms with E-state index in [2.05, 4.69) is 10.6 Å². The maximum absolute atomic E-state index is 11.3. The Morgan fingerprint density at radius 2 is 1.73 bits per heavy atom. The van der Waals surface area contributed by atoms with Gasteiger partial charge >= 0.3 is 5.97 Å². The summed E-state index contributed by atoms with van der Waals surface area (Å²) in [4.78, 5) is 11.3. The molecule has 0 spiro atoms. The summed E-state index contributed by atoms with van der Waals surface area (Å²) in [5.74, 6) is -4.70. The van der Waals surface area contributed by atoms with Gasteiger partial charge in [-0.1, -0.05) is 35.9 Å². The van der Waals surface area contributed by atoms with Crippen molar-refractivity contribution >= 4 is 23.3 Å². The quantitative estimate of drug-likeness (QED) is 0.153. The van der Waals surface area contributed by atoms with Crippen LogP contribution in [-0.2, 0) is 4.74 Å². The highest BCUT2D eigenvalue weighted by Crippen LogP contribution is 2.54. The molecule has 3 unspecified atom stereocenters.